The highest BCUT2D eigenvalue weighted by molar-refractivity contribution is 5.96. The van der Waals surface area contributed by atoms with Gasteiger partial charge in [-0.15, -0.1) is 0 Å². The van der Waals surface area contributed by atoms with Crippen LogP contribution in [0.4, 0.5) is 0 Å². The Morgan fingerprint density at radius 2 is 1.77 bits per heavy atom. The summed E-state index contributed by atoms with van der Waals surface area (Å²) in [5.74, 6) is -4.85. The maximum atomic E-state index is 13.7. The minimum Gasteiger partial charge on any atom is -0.480 e. The first-order chi connectivity index (χ1) is 18.5. The maximum Gasteiger partial charge on any atom is 0.326 e. The van der Waals surface area contributed by atoms with Crippen molar-refractivity contribution >= 4 is 46.4 Å². The number of hydrogen-bond donors (Lipinski definition) is 7. The summed E-state index contributed by atoms with van der Waals surface area (Å²) >= 11 is 0. The van der Waals surface area contributed by atoms with Crippen LogP contribution >= 0.6 is 0 Å². The fraction of sp³-hybridized carbons (Fsp3) is 0.440. The van der Waals surface area contributed by atoms with Crippen LogP contribution in [-0.4, -0.2) is 81.2 Å². The molecule has 0 saturated carbocycles. The van der Waals surface area contributed by atoms with Gasteiger partial charge in [-0.05, 0) is 30.9 Å². The van der Waals surface area contributed by atoms with Crippen LogP contribution in [0.25, 0.3) is 10.9 Å². The molecular formula is C25H33N7O7. The summed E-state index contributed by atoms with van der Waals surface area (Å²) in [6, 6.07) is 2.61. The topological polar surface area (TPSA) is 244 Å². The Morgan fingerprint density at radius 3 is 2.44 bits per heavy atom. The van der Waals surface area contributed by atoms with Crippen LogP contribution in [0.15, 0.2) is 30.5 Å². The first-order valence-electron chi connectivity index (χ1n) is 12.5. The Hall–Kier alpha value is -4.46. The Kier molecular flexibility index (Phi) is 9.60. The van der Waals surface area contributed by atoms with Crippen molar-refractivity contribution in [2.24, 2.45) is 17.2 Å². The number of benzene rings is 1. The first kappa shape index (κ1) is 29.1. The molecule has 4 unspecified atom stereocenters. The van der Waals surface area contributed by atoms with Crippen LogP contribution in [0.5, 0.6) is 0 Å². The third kappa shape index (κ3) is 7.54. The molecule has 2 aromatic rings. The number of aromatic nitrogens is 1. The number of likely N-dealkylation sites (tertiary alicyclic amines) is 1. The number of amides is 5. The van der Waals surface area contributed by atoms with Crippen molar-refractivity contribution in [1.29, 1.82) is 0 Å². The molecule has 2 heterocycles. The molecule has 1 aliphatic rings. The Bertz CT molecular complexity index is 1260. The van der Waals surface area contributed by atoms with E-state index in [9.17, 15) is 33.9 Å². The zero-order valence-electron chi connectivity index (χ0n) is 21.2. The molecule has 1 aliphatic heterocycles. The number of rotatable bonds is 13. The van der Waals surface area contributed by atoms with E-state index in [2.05, 4.69) is 15.6 Å². The minimum atomic E-state index is -1.36. The third-order valence-corrected chi connectivity index (χ3v) is 6.60. The fourth-order valence-corrected chi connectivity index (χ4v) is 4.62. The van der Waals surface area contributed by atoms with Crippen molar-refractivity contribution in [3.05, 3.63) is 36.0 Å². The van der Waals surface area contributed by atoms with Gasteiger partial charge in [0.15, 0.2) is 0 Å². The van der Waals surface area contributed by atoms with Crippen LogP contribution in [0.1, 0.15) is 37.7 Å². The number of fused-ring (bicyclic) bond motifs is 1. The molecular weight excluding hydrogens is 510 g/mol. The number of para-hydroxylation sites is 1. The number of nitrogens with two attached hydrogens (primary N) is 3. The highest BCUT2D eigenvalue weighted by Crippen LogP contribution is 2.23. The number of H-pyrrole nitrogens is 1. The molecule has 1 aromatic carbocycles. The van der Waals surface area contributed by atoms with Gasteiger partial charge < -0.3 is 42.8 Å². The van der Waals surface area contributed by atoms with Gasteiger partial charge in [0.2, 0.25) is 29.5 Å². The van der Waals surface area contributed by atoms with Crippen molar-refractivity contribution < 1.29 is 33.9 Å². The van der Waals surface area contributed by atoms with Crippen LogP contribution in [-0.2, 0) is 35.2 Å². The summed E-state index contributed by atoms with van der Waals surface area (Å²) in [7, 11) is 0. The van der Waals surface area contributed by atoms with Crippen LogP contribution in [0.3, 0.4) is 0 Å². The summed E-state index contributed by atoms with van der Waals surface area (Å²) in [4.78, 5) is 77.9. The minimum absolute atomic E-state index is 0.0546. The van der Waals surface area contributed by atoms with Gasteiger partial charge in [0, 0.05) is 36.5 Å². The number of carboxylic acid groups (broad SMARTS) is 1. The lowest BCUT2D eigenvalue weighted by Crippen LogP contribution is -2.57. The molecule has 3 rings (SSSR count). The van der Waals surface area contributed by atoms with Crippen molar-refractivity contribution in [3.8, 4) is 0 Å². The fourth-order valence-electron chi connectivity index (χ4n) is 4.62. The third-order valence-electron chi connectivity index (χ3n) is 6.60. The quantitative estimate of drug-likeness (QED) is 0.152. The zero-order valence-corrected chi connectivity index (χ0v) is 21.2. The second kappa shape index (κ2) is 12.9. The van der Waals surface area contributed by atoms with Gasteiger partial charge in [-0.2, -0.15) is 0 Å². The number of aromatic amines is 1. The lowest BCUT2D eigenvalue weighted by Gasteiger charge is -2.30. The standard InChI is InChI=1S/C25H33N7O7/c26-15(11-21(28)34)22(35)31-18(10-13-12-29-16-5-2-1-4-14(13)16)24(37)32-9-3-6-19(32)23(36)30-17(25(38)39)7-8-20(27)33/h1-2,4-5,12,15,17-19,29H,3,6-11,26H2,(H2,27,33)(H2,28,34)(H,30,36)(H,31,35)(H,38,39). The maximum absolute atomic E-state index is 13.7. The molecule has 0 bridgehead atoms. The van der Waals surface area contributed by atoms with Crippen molar-refractivity contribution in [2.75, 3.05) is 6.54 Å². The average Bonchev–Trinajstić information content (AvgIpc) is 3.52. The van der Waals surface area contributed by atoms with E-state index < -0.39 is 66.1 Å². The van der Waals surface area contributed by atoms with E-state index in [-0.39, 0.29) is 32.2 Å². The molecule has 1 saturated heterocycles. The molecule has 1 fully saturated rings. The lowest BCUT2D eigenvalue weighted by molar-refractivity contribution is -0.145. The molecule has 0 radical (unpaired) electrons. The van der Waals surface area contributed by atoms with Crippen LogP contribution in [0, 0.1) is 0 Å². The molecule has 5 amide bonds. The summed E-state index contributed by atoms with van der Waals surface area (Å²) < 4.78 is 0. The van der Waals surface area contributed by atoms with E-state index >= 15 is 0 Å². The van der Waals surface area contributed by atoms with Crippen LogP contribution in [0.2, 0.25) is 0 Å². The molecule has 4 atom stereocenters. The zero-order chi connectivity index (χ0) is 28.7. The predicted molar refractivity (Wildman–Crippen MR) is 138 cm³/mol. The number of carbonyl (C=O) groups is 6. The monoisotopic (exact) mass is 543 g/mol. The molecule has 14 heteroatoms. The lowest BCUT2D eigenvalue weighted by atomic mass is 10.0. The molecule has 14 nitrogen and oxygen atoms in total. The van der Waals surface area contributed by atoms with Gasteiger partial charge in [0.05, 0.1) is 12.5 Å². The number of aliphatic carboxylic acids is 1. The summed E-state index contributed by atoms with van der Waals surface area (Å²) in [5.41, 5.74) is 17.6. The van der Waals surface area contributed by atoms with Gasteiger partial charge in [0.25, 0.3) is 0 Å². The highest BCUT2D eigenvalue weighted by atomic mass is 16.4. The van der Waals surface area contributed by atoms with Gasteiger partial charge >= 0.3 is 5.97 Å². The second-order valence-electron chi connectivity index (χ2n) is 9.50. The average molecular weight is 544 g/mol. The van der Waals surface area contributed by atoms with Gasteiger partial charge in [-0.1, -0.05) is 18.2 Å². The van der Waals surface area contributed by atoms with E-state index in [1.54, 1.807) is 6.20 Å². The highest BCUT2D eigenvalue weighted by Gasteiger charge is 2.39. The summed E-state index contributed by atoms with van der Waals surface area (Å²) in [6.45, 7) is 0.198. The molecule has 10 N–H and O–H groups in total. The van der Waals surface area contributed by atoms with Gasteiger partial charge in [-0.3, -0.25) is 24.0 Å². The number of nitrogens with zero attached hydrogens (tertiary/aromatic N) is 1. The SMILES string of the molecule is NC(=O)CCC(NC(=O)C1CCCN1C(=O)C(Cc1c[nH]c2ccccc12)NC(=O)C(N)CC(N)=O)C(=O)O. The summed E-state index contributed by atoms with van der Waals surface area (Å²) in [5, 5.41) is 15.3. The smallest absolute Gasteiger partial charge is 0.326 e. The van der Waals surface area contributed by atoms with E-state index in [1.165, 1.54) is 4.90 Å². The van der Waals surface area contributed by atoms with E-state index in [4.69, 9.17) is 17.2 Å². The number of carboxylic acids is 1. The molecule has 0 aliphatic carbocycles. The van der Waals surface area contributed by atoms with Crippen LogP contribution < -0.4 is 27.8 Å². The van der Waals surface area contributed by atoms with Gasteiger partial charge in [0.1, 0.15) is 18.1 Å². The molecule has 39 heavy (non-hydrogen) atoms. The van der Waals surface area contributed by atoms with Crippen molar-refractivity contribution in [3.63, 3.8) is 0 Å². The Labute approximate surface area is 223 Å². The number of carbonyl (C=O) groups excluding carboxylic acids is 5. The summed E-state index contributed by atoms with van der Waals surface area (Å²) in [6.07, 6.45) is 1.65. The Balaban J connectivity index is 1.82. The largest absolute Gasteiger partial charge is 0.480 e. The molecule has 1 aromatic heterocycles. The number of hydrogen-bond acceptors (Lipinski definition) is 7. The first-order valence-corrected chi connectivity index (χ1v) is 12.5. The van der Waals surface area contributed by atoms with E-state index in [0.717, 1.165) is 16.5 Å². The Morgan fingerprint density at radius 1 is 1.05 bits per heavy atom. The normalized spacial score (nSPS) is 17.3. The molecule has 210 valence electrons. The van der Waals surface area contributed by atoms with Crippen molar-refractivity contribution in [1.82, 2.24) is 20.5 Å². The second-order valence-corrected chi connectivity index (χ2v) is 9.50. The van der Waals surface area contributed by atoms with Crippen molar-refractivity contribution in [2.45, 2.75) is 62.7 Å². The predicted octanol–water partition coefficient (Wildman–Crippen LogP) is -1.78. The van der Waals surface area contributed by atoms with Gasteiger partial charge in [-0.25, -0.2) is 4.79 Å². The number of nitrogens with one attached hydrogen (secondary N) is 3. The number of primary amides is 2. The van der Waals surface area contributed by atoms with E-state index in [1.807, 2.05) is 24.3 Å². The van der Waals surface area contributed by atoms with E-state index in [0.29, 0.717) is 6.42 Å². The molecule has 0 spiro atoms.